The van der Waals surface area contributed by atoms with E-state index < -0.39 is 9.93 Å². The van der Waals surface area contributed by atoms with Crippen molar-refractivity contribution in [3.8, 4) is 0 Å². The summed E-state index contributed by atoms with van der Waals surface area (Å²) < 4.78 is 11.4. The van der Waals surface area contributed by atoms with Gasteiger partial charge in [-0.3, -0.25) is 0 Å². The van der Waals surface area contributed by atoms with E-state index in [1.165, 1.54) is 57.8 Å². The molecule has 0 saturated heterocycles. The minimum atomic E-state index is -1.48. The lowest BCUT2D eigenvalue weighted by molar-refractivity contribution is -0.00000515. The first-order chi connectivity index (χ1) is 7.56. The van der Waals surface area contributed by atoms with E-state index in [0.717, 1.165) is 12.2 Å². The molecule has 0 unspecified atom stereocenters. The van der Waals surface area contributed by atoms with Crippen molar-refractivity contribution in [2.75, 3.05) is 18.3 Å². The van der Waals surface area contributed by atoms with Crippen LogP contribution in [0.2, 0.25) is 0 Å². The van der Waals surface area contributed by atoms with Gasteiger partial charge in [-0.15, -0.1) is 4.21 Å². The number of hydrogen-bond acceptors (Lipinski definition) is 1. The van der Waals surface area contributed by atoms with Crippen LogP contribution in [0, 0.1) is 0 Å². The summed E-state index contributed by atoms with van der Waals surface area (Å²) in [5.74, 6) is 0.920. The first kappa shape index (κ1) is 19.8. The smallest absolute Gasteiger partial charge is 0.111 e. The molecule has 0 aliphatic carbocycles. The van der Waals surface area contributed by atoms with Gasteiger partial charge < -0.3 is 12.4 Å². The third-order valence-corrected chi connectivity index (χ3v) is 4.26. The standard InChI is InChI=1S/C14H31OS.ClH/c1-4-5-6-7-8-9-10-11-12-13-14-16(2,3)15;/h4-14H2,1-3H3;1H/q+1;/p-1. The molecule has 0 rings (SSSR count). The molecule has 0 aromatic heterocycles. The van der Waals surface area contributed by atoms with Crippen LogP contribution in [-0.2, 0) is 14.1 Å². The summed E-state index contributed by atoms with van der Waals surface area (Å²) in [6, 6.07) is 0. The van der Waals surface area contributed by atoms with Crippen molar-refractivity contribution in [1.82, 2.24) is 0 Å². The van der Waals surface area contributed by atoms with Crippen LogP contribution in [0.5, 0.6) is 0 Å². The molecular formula is C14H31ClOS. The lowest BCUT2D eigenvalue weighted by atomic mass is 10.1. The Labute approximate surface area is 116 Å². The molecule has 0 spiro atoms. The molecule has 1 nitrogen and oxygen atoms in total. The molecule has 0 radical (unpaired) electrons. The Morgan fingerprint density at radius 2 is 1.06 bits per heavy atom. The molecule has 0 bridgehead atoms. The number of hydrogen-bond donors (Lipinski definition) is 0. The lowest BCUT2D eigenvalue weighted by Crippen LogP contribution is -3.00. The Morgan fingerprint density at radius 1 is 0.706 bits per heavy atom. The second-order valence-corrected chi connectivity index (χ2v) is 8.60. The average Bonchev–Trinajstić information content (AvgIpc) is 2.19. The van der Waals surface area contributed by atoms with E-state index in [0.29, 0.717) is 0 Å². The molecule has 0 atom stereocenters. The molecule has 17 heavy (non-hydrogen) atoms. The lowest BCUT2D eigenvalue weighted by Gasteiger charge is -2.02. The van der Waals surface area contributed by atoms with E-state index in [-0.39, 0.29) is 12.4 Å². The quantitative estimate of drug-likeness (QED) is 0.416. The minimum Gasteiger partial charge on any atom is -1.00 e. The molecule has 0 aliphatic rings. The number of unbranched alkanes of at least 4 members (excludes halogenated alkanes) is 9. The van der Waals surface area contributed by atoms with E-state index in [1.807, 2.05) is 12.5 Å². The van der Waals surface area contributed by atoms with Crippen LogP contribution >= 0.6 is 0 Å². The maximum absolute atomic E-state index is 11.4. The van der Waals surface area contributed by atoms with Crippen LogP contribution < -0.4 is 12.4 Å². The Kier molecular flexibility index (Phi) is 15.0. The van der Waals surface area contributed by atoms with Crippen molar-refractivity contribution >= 4 is 9.93 Å². The fourth-order valence-electron chi connectivity index (χ4n) is 1.94. The Hall–Kier alpha value is 0.440. The fourth-order valence-corrected chi connectivity index (χ4v) is 2.84. The highest BCUT2D eigenvalue weighted by molar-refractivity contribution is 8.01. The average molecular weight is 283 g/mol. The van der Waals surface area contributed by atoms with Crippen LogP contribution in [0.15, 0.2) is 0 Å². The van der Waals surface area contributed by atoms with Crippen LogP contribution in [0.3, 0.4) is 0 Å². The highest BCUT2D eigenvalue weighted by Crippen LogP contribution is 2.11. The van der Waals surface area contributed by atoms with Gasteiger partial charge in [0.2, 0.25) is 0 Å². The second kappa shape index (κ2) is 12.9. The van der Waals surface area contributed by atoms with E-state index in [4.69, 9.17) is 0 Å². The van der Waals surface area contributed by atoms with Gasteiger partial charge in [0.25, 0.3) is 0 Å². The summed E-state index contributed by atoms with van der Waals surface area (Å²) in [5, 5.41) is 0. The van der Waals surface area contributed by atoms with Gasteiger partial charge in [0.1, 0.15) is 18.3 Å². The molecule has 106 valence electrons. The molecule has 0 heterocycles. The first-order valence-electron chi connectivity index (χ1n) is 6.98. The van der Waals surface area contributed by atoms with Crippen molar-refractivity contribution in [1.29, 1.82) is 0 Å². The normalized spacial score (nSPS) is 11.2. The summed E-state index contributed by atoms with van der Waals surface area (Å²) in [6.07, 6.45) is 17.3. The summed E-state index contributed by atoms with van der Waals surface area (Å²) in [7, 11) is -1.48. The van der Waals surface area contributed by atoms with E-state index in [1.54, 1.807) is 0 Å². The van der Waals surface area contributed by atoms with Gasteiger partial charge in [-0.2, -0.15) is 0 Å². The van der Waals surface area contributed by atoms with Crippen LogP contribution in [0.4, 0.5) is 0 Å². The minimum absolute atomic E-state index is 0. The number of halogens is 1. The molecule has 3 heteroatoms. The summed E-state index contributed by atoms with van der Waals surface area (Å²) in [5.41, 5.74) is 0. The van der Waals surface area contributed by atoms with Gasteiger partial charge in [0, 0.05) is 0 Å². The van der Waals surface area contributed by atoms with Crippen molar-refractivity contribution < 1.29 is 16.6 Å². The maximum atomic E-state index is 11.4. The molecule has 0 aromatic carbocycles. The summed E-state index contributed by atoms with van der Waals surface area (Å²) >= 11 is 0. The zero-order valence-electron chi connectivity index (χ0n) is 12.0. The molecule has 0 saturated carbocycles. The zero-order chi connectivity index (χ0) is 12.3. The summed E-state index contributed by atoms with van der Waals surface area (Å²) in [6.45, 7) is 2.26. The molecule has 0 amide bonds. The topological polar surface area (TPSA) is 17.1 Å². The van der Waals surface area contributed by atoms with Gasteiger partial charge >= 0.3 is 0 Å². The third kappa shape index (κ3) is 19.0. The first-order valence-corrected chi connectivity index (χ1v) is 9.52. The fraction of sp³-hybridized carbons (Fsp3) is 1.00. The van der Waals surface area contributed by atoms with Crippen LogP contribution in [0.1, 0.15) is 71.1 Å². The Morgan fingerprint density at radius 3 is 1.41 bits per heavy atom. The molecule has 0 fully saturated rings. The molecular weight excluding hydrogens is 252 g/mol. The van der Waals surface area contributed by atoms with Crippen LogP contribution in [-0.4, -0.2) is 18.3 Å². The molecule has 0 aromatic rings. The van der Waals surface area contributed by atoms with Gasteiger partial charge in [-0.05, 0) is 12.8 Å². The van der Waals surface area contributed by atoms with Gasteiger partial charge in [-0.1, -0.05) is 58.3 Å². The predicted octanol–water partition coefficient (Wildman–Crippen LogP) is 1.67. The maximum Gasteiger partial charge on any atom is 0.111 e. The van der Waals surface area contributed by atoms with Gasteiger partial charge in [0.05, 0.1) is 9.93 Å². The third-order valence-electron chi connectivity index (χ3n) is 2.99. The number of rotatable bonds is 11. The van der Waals surface area contributed by atoms with Crippen molar-refractivity contribution in [2.45, 2.75) is 71.1 Å². The Balaban J connectivity index is 0. The monoisotopic (exact) mass is 282 g/mol. The van der Waals surface area contributed by atoms with E-state index in [9.17, 15) is 4.21 Å². The predicted molar refractivity (Wildman–Crippen MR) is 76.6 cm³/mol. The van der Waals surface area contributed by atoms with Gasteiger partial charge in [0.15, 0.2) is 0 Å². The molecule has 0 N–H and O–H groups in total. The van der Waals surface area contributed by atoms with E-state index >= 15 is 0 Å². The second-order valence-electron chi connectivity index (χ2n) is 5.32. The SMILES string of the molecule is CCCCCCCCCCCC[S+](C)(C)=O.[Cl-]. The largest absolute Gasteiger partial charge is 1.00 e. The highest BCUT2D eigenvalue weighted by Gasteiger charge is 2.10. The van der Waals surface area contributed by atoms with Crippen molar-refractivity contribution in [2.24, 2.45) is 0 Å². The van der Waals surface area contributed by atoms with Crippen LogP contribution in [0.25, 0.3) is 0 Å². The molecule has 0 aliphatic heterocycles. The van der Waals surface area contributed by atoms with Crippen molar-refractivity contribution in [3.05, 3.63) is 0 Å². The van der Waals surface area contributed by atoms with E-state index in [2.05, 4.69) is 6.92 Å². The summed E-state index contributed by atoms with van der Waals surface area (Å²) in [4.78, 5) is 0. The van der Waals surface area contributed by atoms with Gasteiger partial charge in [-0.25, -0.2) is 0 Å². The zero-order valence-corrected chi connectivity index (χ0v) is 13.5. The Bertz CT molecular complexity index is 189. The highest BCUT2D eigenvalue weighted by atomic mass is 35.5. The van der Waals surface area contributed by atoms with Crippen molar-refractivity contribution in [3.63, 3.8) is 0 Å².